The van der Waals surface area contributed by atoms with Crippen molar-refractivity contribution in [3.8, 4) is 0 Å². The summed E-state index contributed by atoms with van der Waals surface area (Å²) < 4.78 is 27.2. The maximum absolute atomic E-state index is 15.0. The lowest BCUT2D eigenvalue weighted by molar-refractivity contribution is -0.183. The Hall–Kier alpha value is -2.04. The SMILES string of the molecule is CCCC(C)CC(C)OC(=O)N(C)c1nc(=O)n([C@@H]2O[C@](C)(C(C)(C)C)[C@@](C)(O)[C@H]2O)cc1F. The third-order valence-corrected chi connectivity index (χ3v) is 7.17. The predicted molar refractivity (Wildman–Crippen MR) is 126 cm³/mol. The van der Waals surface area contributed by atoms with E-state index in [1.807, 2.05) is 20.8 Å². The van der Waals surface area contributed by atoms with Gasteiger partial charge in [-0.15, -0.1) is 0 Å². The van der Waals surface area contributed by atoms with Crippen LogP contribution in [0, 0.1) is 17.2 Å². The molecule has 1 saturated heterocycles. The van der Waals surface area contributed by atoms with Gasteiger partial charge < -0.3 is 19.7 Å². The van der Waals surface area contributed by atoms with Crippen molar-refractivity contribution in [1.82, 2.24) is 9.55 Å². The number of aromatic nitrogens is 2. The maximum atomic E-state index is 15.0. The van der Waals surface area contributed by atoms with E-state index in [1.54, 1.807) is 13.8 Å². The Labute approximate surface area is 200 Å². The summed E-state index contributed by atoms with van der Waals surface area (Å²) in [5.41, 5.74) is -4.57. The van der Waals surface area contributed by atoms with Gasteiger partial charge >= 0.3 is 11.8 Å². The highest BCUT2D eigenvalue weighted by atomic mass is 19.1. The molecule has 0 saturated carbocycles. The molecule has 6 atom stereocenters. The molecule has 1 aromatic rings. The van der Waals surface area contributed by atoms with Gasteiger partial charge in [0, 0.05) is 7.05 Å². The van der Waals surface area contributed by atoms with Gasteiger partial charge in [0.15, 0.2) is 17.9 Å². The van der Waals surface area contributed by atoms with Gasteiger partial charge in [0.25, 0.3) is 0 Å². The molecule has 1 aromatic heterocycles. The van der Waals surface area contributed by atoms with Crippen LogP contribution in [0.5, 0.6) is 0 Å². The van der Waals surface area contributed by atoms with Crippen LogP contribution in [0.2, 0.25) is 0 Å². The molecular formula is C24H40FN3O6. The Balaban J connectivity index is 2.28. The van der Waals surface area contributed by atoms with Gasteiger partial charge in [0.1, 0.15) is 23.4 Å². The van der Waals surface area contributed by atoms with E-state index in [-0.39, 0.29) is 6.10 Å². The number of nitrogens with zero attached hydrogens (tertiary/aromatic N) is 3. The van der Waals surface area contributed by atoms with Gasteiger partial charge in [-0.05, 0) is 38.5 Å². The highest BCUT2D eigenvalue weighted by Gasteiger charge is 2.65. The maximum Gasteiger partial charge on any atom is 0.415 e. The van der Waals surface area contributed by atoms with E-state index in [0.717, 1.165) is 28.5 Å². The number of aliphatic hydroxyl groups excluding tert-OH is 1. The summed E-state index contributed by atoms with van der Waals surface area (Å²) >= 11 is 0. The summed E-state index contributed by atoms with van der Waals surface area (Å²) in [6.45, 7) is 14.4. The van der Waals surface area contributed by atoms with Crippen molar-refractivity contribution in [3.05, 3.63) is 22.5 Å². The summed E-state index contributed by atoms with van der Waals surface area (Å²) in [5.74, 6) is -1.12. The first-order valence-corrected chi connectivity index (χ1v) is 11.8. The third-order valence-electron chi connectivity index (χ3n) is 7.17. The Morgan fingerprint density at radius 2 is 1.97 bits per heavy atom. The van der Waals surface area contributed by atoms with Crippen LogP contribution in [0.15, 0.2) is 11.0 Å². The van der Waals surface area contributed by atoms with Crippen molar-refractivity contribution in [2.24, 2.45) is 11.3 Å². The van der Waals surface area contributed by atoms with Crippen LogP contribution in [-0.4, -0.2) is 56.3 Å². The molecule has 1 fully saturated rings. The molecule has 1 amide bonds. The molecule has 10 heteroatoms. The molecule has 1 aliphatic rings. The smallest absolute Gasteiger partial charge is 0.415 e. The number of hydrogen-bond donors (Lipinski definition) is 2. The third kappa shape index (κ3) is 5.13. The average Bonchev–Trinajstić information content (AvgIpc) is 2.89. The molecule has 2 N–H and O–H groups in total. The van der Waals surface area contributed by atoms with Crippen LogP contribution >= 0.6 is 0 Å². The summed E-state index contributed by atoms with van der Waals surface area (Å²) in [6, 6.07) is 0. The Kier molecular flexibility index (Phi) is 8.22. The standard InChI is InChI=1S/C24H40FN3O6/c1-10-11-14(2)12-15(3)33-21(31)27(9)18-16(25)13-28(20(30)26-18)19-17(29)23(7,32)24(8,34-19)22(4,5)6/h13-15,17,19,29,32H,10-12H2,1-9H3/t14?,15?,17-,19+,23-,24+/m0/s1. The monoisotopic (exact) mass is 485 g/mol. The lowest BCUT2D eigenvalue weighted by Crippen LogP contribution is -2.59. The number of ether oxygens (including phenoxy) is 2. The molecule has 0 aromatic carbocycles. The first kappa shape index (κ1) is 28.2. The van der Waals surface area contributed by atoms with Crippen LogP contribution in [0.3, 0.4) is 0 Å². The number of rotatable bonds is 7. The molecule has 34 heavy (non-hydrogen) atoms. The van der Waals surface area contributed by atoms with Crippen molar-refractivity contribution in [3.63, 3.8) is 0 Å². The minimum atomic E-state index is -1.74. The second kappa shape index (κ2) is 9.91. The topological polar surface area (TPSA) is 114 Å². The van der Waals surface area contributed by atoms with Crippen LogP contribution in [0.4, 0.5) is 15.0 Å². The van der Waals surface area contributed by atoms with E-state index >= 15 is 4.39 Å². The summed E-state index contributed by atoms with van der Waals surface area (Å²) in [6.07, 6.45) is -0.623. The summed E-state index contributed by atoms with van der Waals surface area (Å²) in [7, 11) is 1.27. The first-order chi connectivity index (χ1) is 15.5. The number of anilines is 1. The van der Waals surface area contributed by atoms with Crippen molar-refractivity contribution in [2.75, 3.05) is 11.9 Å². The first-order valence-electron chi connectivity index (χ1n) is 11.8. The normalized spacial score (nSPS) is 29.1. The van der Waals surface area contributed by atoms with Gasteiger partial charge in [0.2, 0.25) is 0 Å². The number of carbonyl (C=O) groups excluding carboxylic acids is 1. The molecule has 1 aliphatic heterocycles. The molecule has 2 heterocycles. The van der Waals surface area contributed by atoms with Crippen molar-refractivity contribution in [2.45, 2.75) is 104 Å². The van der Waals surface area contributed by atoms with Crippen LogP contribution in [0.1, 0.15) is 80.9 Å². The highest BCUT2D eigenvalue weighted by molar-refractivity contribution is 5.85. The minimum Gasteiger partial charge on any atom is -0.446 e. The van der Waals surface area contributed by atoms with Gasteiger partial charge in [-0.2, -0.15) is 4.98 Å². The second-order valence-corrected chi connectivity index (χ2v) is 10.9. The fourth-order valence-corrected chi connectivity index (χ4v) is 4.55. The quantitative estimate of drug-likeness (QED) is 0.606. The zero-order valence-electron chi connectivity index (χ0n) is 21.8. The highest BCUT2D eigenvalue weighted by Crippen LogP contribution is 2.52. The van der Waals surface area contributed by atoms with E-state index in [4.69, 9.17) is 9.47 Å². The number of carbonyl (C=O) groups is 1. The number of aliphatic hydroxyl groups is 2. The van der Waals surface area contributed by atoms with Crippen LogP contribution in [0.25, 0.3) is 0 Å². The molecule has 0 aliphatic carbocycles. The van der Waals surface area contributed by atoms with Gasteiger partial charge in [-0.3, -0.25) is 9.47 Å². The van der Waals surface area contributed by atoms with Crippen molar-refractivity contribution < 1.29 is 28.9 Å². The molecule has 0 bridgehead atoms. The number of amides is 1. The molecular weight excluding hydrogens is 445 g/mol. The molecule has 194 valence electrons. The molecule has 2 rings (SSSR count). The van der Waals surface area contributed by atoms with E-state index < -0.39 is 52.4 Å². The van der Waals surface area contributed by atoms with E-state index in [2.05, 4.69) is 18.8 Å². The molecule has 2 unspecified atom stereocenters. The number of halogens is 1. The second-order valence-electron chi connectivity index (χ2n) is 10.9. The fourth-order valence-electron chi connectivity index (χ4n) is 4.55. The van der Waals surface area contributed by atoms with Crippen LogP contribution < -0.4 is 10.6 Å². The van der Waals surface area contributed by atoms with E-state index in [1.165, 1.54) is 14.0 Å². The van der Waals surface area contributed by atoms with Gasteiger partial charge in [0.05, 0.1) is 6.20 Å². The Morgan fingerprint density at radius 1 is 1.38 bits per heavy atom. The molecule has 0 spiro atoms. The zero-order valence-corrected chi connectivity index (χ0v) is 21.8. The van der Waals surface area contributed by atoms with Crippen molar-refractivity contribution in [1.29, 1.82) is 0 Å². The largest absolute Gasteiger partial charge is 0.446 e. The average molecular weight is 486 g/mol. The van der Waals surface area contributed by atoms with Crippen LogP contribution in [-0.2, 0) is 9.47 Å². The Morgan fingerprint density at radius 3 is 2.47 bits per heavy atom. The molecule has 9 nitrogen and oxygen atoms in total. The van der Waals surface area contributed by atoms with Gasteiger partial charge in [-0.1, -0.05) is 47.5 Å². The predicted octanol–water partition coefficient (Wildman–Crippen LogP) is 3.62. The summed E-state index contributed by atoms with van der Waals surface area (Å²) in [4.78, 5) is 29.9. The van der Waals surface area contributed by atoms with E-state index in [0.29, 0.717) is 12.3 Å². The van der Waals surface area contributed by atoms with Crippen molar-refractivity contribution >= 4 is 11.9 Å². The Bertz CT molecular complexity index is 944. The minimum absolute atomic E-state index is 0.366. The summed E-state index contributed by atoms with van der Waals surface area (Å²) in [5, 5.41) is 21.8. The number of hydrogen-bond acceptors (Lipinski definition) is 7. The lowest BCUT2D eigenvalue weighted by atomic mass is 9.67. The lowest BCUT2D eigenvalue weighted by Gasteiger charge is -2.45. The van der Waals surface area contributed by atoms with Gasteiger partial charge in [-0.25, -0.2) is 14.0 Å². The van der Waals surface area contributed by atoms with E-state index in [9.17, 15) is 19.8 Å². The molecule has 0 radical (unpaired) electrons. The fraction of sp³-hybridized carbons (Fsp3) is 0.792. The zero-order chi connectivity index (χ0) is 26.2.